The van der Waals surface area contributed by atoms with Crippen LogP contribution in [0.1, 0.15) is 30.0 Å². The van der Waals surface area contributed by atoms with Crippen LogP contribution in [-0.2, 0) is 16.1 Å². The Kier molecular flexibility index (Phi) is 8.40. The van der Waals surface area contributed by atoms with Gasteiger partial charge in [0.1, 0.15) is 21.5 Å². The summed E-state index contributed by atoms with van der Waals surface area (Å²) in [6.45, 7) is 6.03. The third-order valence-corrected chi connectivity index (χ3v) is 7.07. The van der Waals surface area contributed by atoms with E-state index in [9.17, 15) is 9.59 Å². The number of hydrogen-bond donors (Lipinski definition) is 1. The molecule has 4 rings (SSSR count). The van der Waals surface area contributed by atoms with Crippen LogP contribution in [-0.4, -0.2) is 51.4 Å². The van der Waals surface area contributed by atoms with Crippen LogP contribution in [0.2, 0.25) is 0 Å². The Morgan fingerprint density at radius 3 is 2.69 bits per heavy atom. The van der Waals surface area contributed by atoms with Crippen LogP contribution in [0.3, 0.4) is 0 Å². The normalized spacial score (nSPS) is 14.8. The van der Waals surface area contributed by atoms with Crippen LogP contribution < -0.4 is 15.6 Å². The van der Waals surface area contributed by atoms with Crippen molar-refractivity contribution in [1.82, 2.24) is 14.3 Å². The molecule has 1 aromatic carbocycles. The molecule has 1 aliphatic heterocycles. The highest BCUT2D eigenvalue weighted by molar-refractivity contribution is 8.26. The van der Waals surface area contributed by atoms with Gasteiger partial charge in [-0.3, -0.25) is 18.9 Å². The van der Waals surface area contributed by atoms with Crippen LogP contribution >= 0.6 is 24.0 Å². The standard InChI is InChI=1S/C26H28N4O4S2/c1-4-34-14-6-12-27-22-20(24(31)29-13-5-7-17(2)23(29)28-22)15-21-25(32)30(26(35)36-21)16-18-8-10-19(33-3)11-9-18/h5,7-11,13,15,27H,4,6,12,14,16H2,1-3H3/b21-15-. The summed E-state index contributed by atoms with van der Waals surface area (Å²) in [5.41, 5.74) is 2.44. The summed E-state index contributed by atoms with van der Waals surface area (Å²) in [5.74, 6) is 0.938. The number of aryl methyl sites for hydroxylation is 1. The summed E-state index contributed by atoms with van der Waals surface area (Å²) in [6.07, 6.45) is 4.04. The lowest BCUT2D eigenvalue weighted by molar-refractivity contribution is -0.122. The van der Waals surface area contributed by atoms with Gasteiger partial charge in [0.25, 0.3) is 11.5 Å². The largest absolute Gasteiger partial charge is 0.497 e. The van der Waals surface area contributed by atoms with Gasteiger partial charge in [-0.2, -0.15) is 0 Å². The maximum Gasteiger partial charge on any atom is 0.267 e. The molecule has 0 atom stereocenters. The van der Waals surface area contributed by atoms with Crippen LogP contribution in [0.4, 0.5) is 5.82 Å². The van der Waals surface area contributed by atoms with Gasteiger partial charge in [-0.1, -0.05) is 42.2 Å². The molecule has 0 radical (unpaired) electrons. The number of nitrogens with one attached hydrogen (secondary N) is 1. The summed E-state index contributed by atoms with van der Waals surface area (Å²) in [4.78, 5) is 33.4. The number of methoxy groups -OCH3 is 1. The van der Waals surface area contributed by atoms with E-state index in [4.69, 9.17) is 26.7 Å². The molecule has 1 fully saturated rings. The lowest BCUT2D eigenvalue weighted by atomic mass is 10.2. The Hall–Kier alpha value is -3.21. The summed E-state index contributed by atoms with van der Waals surface area (Å²) in [6, 6.07) is 11.2. The molecule has 1 N–H and O–H groups in total. The van der Waals surface area contributed by atoms with E-state index in [-0.39, 0.29) is 11.5 Å². The maximum absolute atomic E-state index is 13.5. The molecule has 1 amide bonds. The van der Waals surface area contributed by atoms with Crippen LogP contribution in [0.5, 0.6) is 5.75 Å². The summed E-state index contributed by atoms with van der Waals surface area (Å²) in [7, 11) is 1.61. The number of rotatable bonds is 10. The zero-order valence-corrected chi connectivity index (χ0v) is 22.1. The lowest BCUT2D eigenvalue weighted by Gasteiger charge is -2.15. The molecular formula is C26H28N4O4S2. The van der Waals surface area contributed by atoms with Crippen molar-refractivity contribution in [2.75, 3.05) is 32.2 Å². The van der Waals surface area contributed by atoms with E-state index < -0.39 is 0 Å². The molecule has 2 aromatic heterocycles. The van der Waals surface area contributed by atoms with Gasteiger partial charge in [0, 0.05) is 26.0 Å². The number of fused-ring (bicyclic) bond motifs is 1. The average Bonchev–Trinajstić information content (AvgIpc) is 3.14. The van der Waals surface area contributed by atoms with Crippen molar-refractivity contribution in [3.05, 3.63) is 74.5 Å². The lowest BCUT2D eigenvalue weighted by Crippen LogP contribution is -2.27. The van der Waals surface area contributed by atoms with Crippen molar-refractivity contribution < 1.29 is 14.3 Å². The first-order valence-corrected chi connectivity index (χ1v) is 12.9. The fraction of sp³-hybridized carbons (Fsp3) is 0.308. The molecule has 36 heavy (non-hydrogen) atoms. The van der Waals surface area contributed by atoms with Crippen LogP contribution in [0, 0.1) is 6.92 Å². The van der Waals surface area contributed by atoms with Crippen molar-refractivity contribution in [2.24, 2.45) is 0 Å². The molecule has 188 valence electrons. The van der Waals surface area contributed by atoms with E-state index in [1.54, 1.807) is 30.3 Å². The molecule has 0 bridgehead atoms. The van der Waals surface area contributed by atoms with Gasteiger partial charge in [0.05, 0.1) is 24.1 Å². The monoisotopic (exact) mass is 524 g/mol. The highest BCUT2D eigenvalue weighted by atomic mass is 32.2. The highest BCUT2D eigenvalue weighted by Gasteiger charge is 2.32. The summed E-state index contributed by atoms with van der Waals surface area (Å²) < 4.78 is 12.6. The minimum atomic E-state index is -0.253. The number of nitrogens with zero attached hydrogens (tertiary/aromatic N) is 3. The first-order chi connectivity index (χ1) is 17.4. The van der Waals surface area contributed by atoms with E-state index in [0.717, 1.165) is 23.3 Å². The number of amides is 1. The fourth-order valence-electron chi connectivity index (χ4n) is 3.78. The van der Waals surface area contributed by atoms with Crippen molar-refractivity contribution in [3.8, 4) is 5.75 Å². The predicted molar refractivity (Wildman–Crippen MR) is 148 cm³/mol. The van der Waals surface area contributed by atoms with Crippen molar-refractivity contribution in [1.29, 1.82) is 0 Å². The number of hydrogen-bond acceptors (Lipinski definition) is 8. The number of pyridine rings is 1. The number of benzene rings is 1. The van der Waals surface area contributed by atoms with Gasteiger partial charge in [0.2, 0.25) is 0 Å². The second-order valence-corrected chi connectivity index (χ2v) is 9.83. The molecule has 8 nitrogen and oxygen atoms in total. The number of anilines is 1. The number of ether oxygens (including phenoxy) is 2. The highest BCUT2D eigenvalue weighted by Crippen LogP contribution is 2.34. The van der Waals surface area contributed by atoms with Crippen molar-refractivity contribution in [3.63, 3.8) is 0 Å². The Morgan fingerprint density at radius 2 is 1.97 bits per heavy atom. The molecule has 0 saturated carbocycles. The first-order valence-electron chi connectivity index (χ1n) is 11.6. The van der Waals surface area contributed by atoms with Crippen molar-refractivity contribution in [2.45, 2.75) is 26.8 Å². The van der Waals surface area contributed by atoms with Crippen LogP contribution in [0.25, 0.3) is 11.7 Å². The Balaban J connectivity index is 1.65. The van der Waals surface area contributed by atoms with E-state index in [0.29, 0.717) is 52.6 Å². The van der Waals surface area contributed by atoms with Crippen LogP contribution in [0.15, 0.2) is 52.3 Å². The predicted octanol–water partition coefficient (Wildman–Crippen LogP) is 4.25. The number of thioether (sulfide) groups is 1. The number of aromatic nitrogens is 2. The Morgan fingerprint density at radius 1 is 1.19 bits per heavy atom. The van der Waals surface area contributed by atoms with E-state index in [2.05, 4.69) is 5.32 Å². The third-order valence-electron chi connectivity index (χ3n) is 5.70. The second-order valence-electron chi connectivity index (χ2n) is 8.16. The zero-order chi connectivity index (χ0) is 25.7. The van der Waals surface area contributed by atoms with E-state index in [1.807, 2.05) is 44.2 Å². The fourth-order valence-corrected chi connectivity index (χ4v) is 5.02. The Bertz CT molecular complexity index is 1370. The summed E-state index contributed by atoms with van der Waals surface area (Å²) in [5, 5.41) is 3.27. The molecule has 1 aliphatic rings. The number of carbonyl (C=O) groups excluding carboxylic acids is 1. The molecule has 0 unspecified atom stereocenters. The summed E-state index contributed by atoms with van der Waals surface area (Å²) >= 11 is 6.69. The maximum atomic E-state index is 13.5. The second kappa shape index (κ2) is 11.7. The minimum Gasteiger partial charge on any atom is -0.497 e. The minimum absolute atomic E-state index is 0.239. The van der Waals surface area contributed by atoms with E-state index >= 15 is 0 Å². The zero-order valence-electron chi connectivity index (χ0n) is 20.4. The Labute approximate surface area is 219 Å². The molecule has 3 heterocycles. The third kappa shape index (κ3) is 5.61. The smallest absolute Gasteiger partial charge is 0.267 e. The van der Waals surface area contributed by atoms with E-state index in [1.165, 1.54) is 16.2 Å². The topological polar surface area (TPSA) is 85.2 Å². The van der Waals surface area contributed by atoms with Crippen molar-refractivity contribution >= 4 is 51.7 Å². The van der Waals surface area contributed by atoms with Gasteiger partial charge in [0.15, 0.2) is 0 Å². The number of thiocarbonyl (C=S) groups is 1. The molecule has 0 spiro atoms. The molecule has 10 heteroatoms. The molecule has 3 aromatic rings. The van der Waals surface area contributed by atoms with Gasteiger partial charge < -0.3 is 14.8 Å². The quantitative estimate of drug-likeness (QED) is 0.239. The molecular weight excluding hydrogens is 496 g/mol. The number of carbonyl (C=O) groups is 1. The van der Waals surface area contributed by atoms with Gasteiger partial charge in [-0.05, 0) is 55.7 Å². The first kappa shape index (κ1) is 25.9. The van der Waals surface area contributed by atoms with Gasteiger partial charge in [-0.15, -0.1) is 0 Å². The average molecular weight is 525 g/mol. The SMILES string of the molecule is CCOCCCNc1nc2c(C)cccn2c(=O)c1/C=C1\SC(=S)N(Cc2ccc(OC)cc2)C1=O. The van der Waals surface area contributed by atoms with Gasteiger partial charge in [-0.25, -0.2) is 4.98 Å². The molecule has 1 saturated heterocycles. The molecule has 0 aliphatic carbocycles. The van der Waals surface area contributed by atoms with Gasteiger partial charge >= 0.3 is 0 Å².